The first-order valence-electron chi connectivity index (χ1n) is 2.04. The molecule has 0 aromatic carbocycles. The maximum absolute atomic E-state index is 8.50. The molecule has 0 bridgehead atoms. The SMILES string of the molecule is ON1CCNC1. The first-order chi connectivity index (χ1) is 2.89. The minimum atomic E-state index is 0.625. The van der Waals surface area contributed by atoms with Crippen LogP contribution in [0.1, 0.15) is 0 Å². The van der Waals surface area contributed by atoms with Gasteiger partial charge in [0, 0.05) is 13.1 Å². The third kappa shape index (κ3) is 0.680. The summed E-state index contributed by atoms with van der Waals surface area (Å²) in [5, 5.41) is 12.7. The van der Waals surface area contributed by atoms with Crippen molar-refractivity contribution in [2.45, 2.75) is 0 Å². The Bertz CT molecular complexity index is 42.1. The van der Waals surface area contributed by atoms with Gasteiger partial charge in [-0.1, -0.05) is 0 Å². The van der Waals surface area contributed by atoms with Crippen molar-refractivity contribution >= 4 is 0 Å². The van der Waals surface area contributed by atoms with E-state index in [0.717, 1.165) is 13.1 Å². The van der Waals surface area contributed by atoms with Gasteiger partial charge in [-0.15, -0.1) is 0 Å². The lowest BCUT2D eigenvalue weighted by molar-refractivity contribution is -0.0689. The van der Waals surface area contributed by atoms with Gasteiger partial charge in [0.05, 0.1) is 6.67 Å². The van der Waals surface area contributed by atoms with E-state index >= 15 is 0 Å². The van der Waals surface area contributed by atoms with Crippen LogP contribution < -0.4 is 5.32 Å². The summed E-state index contributed by atoms with van der Waals surface area (Å²) in [7, 11) is 0. The fraction of sp³-hybridized carbons (Fsp3) is 1.00. The number of nitrogens with zero attached hydrogens (tertiary/aromatic N) is 1. The molecule has 36 valence electrons. The Morgan fingerprint density at radius 1 is 1.67 bits per heavy atom. The number of nitrogens with one attached hydrogen (secondary N) is 1. The number of hydroxylamine groups is 2. The van der Waals surface area contributed by atoms with E-state index in [9.17, 15) is 0 Å². The maximum Gasteiger partial charge on any atom is 0.0730 e. The lowest BCUT2D eigenvalue weighted by atomic mass is 10.7. The van der Waals surface area contributed by atoms with E-state index in [1.807, 2.05) is 0 Å². The molecule has 0 saturated carbocycles. The van der Waals surface area contributed by atoms with Crippen LogP contribution in [-0.2, 0) is 0 Å². The minimum absolute atomic E-state index is 0.625. The first kappa shape index (κ1) is 4.05. The van der Waals surface area contributed by atoms with Gasteiger partial charge in [-0.3, -0.25) is 0 Å². The van der Waals surface area contributed by atoms with E-state index in [4.69, 9.17) is 5.21 Å². The van der Waals surface area contributed by atoms with Crippen molar-refractivity contribution in [2.24, 2.45) is 0 Å². The van der Waals surface area contributed by atoms with Crippen LogP contribution in [0.15, 0.2) is 0 Å². The Morgan fingerprint density at radius 3 is 2.67 bits per heavy atom. The van der Waals surface area contributed by atoms with E-state index in [2.05, 4.69) is 5.32 Å². The van der Waals surface area contributed by atoms with Gasteiger partial charge in [0.25, 0.3) is 0 Å². The standard InChI is InChI=1S/C3H8N2O/c6-5-2-1-4-3-5/h4,6H,1-3H2. The second-order valence-corrected chi connectivity index (χ2v) is 1.39. The second kappa shape index (κ2) is 1.55. The summed E-state index contributed by atoms with van der Waals surface area (Å²) >= 11 is 0. The Labute approximate surface area is 36.5 Å². The molecule has 1 aliphatic rings. The highest BCUT2D eigenvalue weighted by Gasteiger charge is 2.03. The van der Waals surface area contributed by atoms with Crippen molar-refractivity contribution in [3.63, 3.8) is 0 Å². The molecule has 0 atom stereocenters. The highest BCUT2D eigenvalue weighted by atomic mass is 16.5. The van der Waals surface area contributed by atoms with Gasteiger partial charge >= 0.3 is 0 Å². The fourth-order valence-electron chi connectivity index (χ4n) is 0.495. The summed E-state index contributed by atoms with van der Waals surface area (Å²) in [6, 6.07) is 0. The van der Waals surface area contributed by atoms with Gasteiger partial charge in [-0.2, -0.15) is 5.06 Å². The van der Waals surface area contributed by atoms with Crippen molar-refractivity contribution < 1.29 is 5.21 Å². The Hall–Kier alpha value is -0.120. The van der Waals surface area contributed by atoms with Crippen LogP contribution in [-0.4, -0.2) is 30.0 Å². The van der Waals surface area contributed by atoms with E-state index in [1.54, 1.807) is 0 Å². The van der Waals surface area contributed by atoms with Gasteiger partial charge < -0.3 is 10.5 Å². The van der Waals surface area contributed by atoms with Gasteiger partial charge in [0.1, 0.15) is 0 Å². The van der Waals surface area contributed by atoms with Gasteiger partial charge in [0.2, 0.25) is 0 Å². The van der Waals surface area contributed by atoms with Crippen molar-refractivity contribution in [1.29, 1.82) is 0 Å². The molecule has 1 heterocycles. The monoisotopic (exact) mass is 88.1 g/mol. The number of hydrogen-bond acceptors (Lipinski definition) is 3. The van der Waals surface area contributed by atoms with Gasteiger partial charge in [-0.25, -0.2) is 0 Å². The van der Waals surface area contributed by atoms with Crippen molar-refractivity contribution in [1.82, 2.24) is 10.4 Å². The third-order valence-corrected chi connectivity index (χ3v) is 0.841. The quantitative estimate of drug-likeness (QED) is 0.408. The minimum Gasteiger partial charge on any atom is -0.313 e. The lowest BCUT2D eigenvalue weighted by Gasteiger charge is -1.97. The van der Waals surface area contributed by atoms with Crippen molar-refractivity contribution in [3.8, 4) is 0 Å². The summed E-state index contributed by atoms with van der Waals surface area (Å²) in [6.45, 7) is 2.30. The van der Waals surface area contributed by atoms with Crippen LogP contribution in [0.5, 0.6) is 0 Å². The van der Waals surface area contributed by atoms with E-state index in [-0.39, 0.29) is 0 Å². The largest absolute Gasteiger partial charge is 0.313 e. The maximum atomic E-state index is 8.50. The average Bonchev–Trinajstić information content (AvgIpc) is 1.86. The van der Waals surface area contributed by atoms with Crippen LogP contribution in [0.2, 0.25) is 0 Å². The predicted octanol–water partition coefficient (Wildman–Crippen LogP) is -0.762. The molecule has 2 N–H and O–H groups in total. The summed E-state index contributed by atoms with van der Waals surface area (Å²) in [4.78, 5) is 0. The Kier molecular flexibility index (Phi) is 1.05. The normalized spacial score (nSPS) is 25.5. The molecular formula is C3H8N2O. The van der Waals surface area contributed by atoms with E-state index < -0.39 is 0 Å². The molecule has 0 radical (unpaired) electrons. The molecule has 0 aliphatic carbocycles. The zero-order valence-corrected chi connectivity index (χ0v) is 3.52. The zero-order valence-electron chi connectivity index (χ0n) is 3.52. The molecule has 1 saturated heterocycles. The van der Waals surface area contributed by atoms with Crippen molar-refractivity contribution in [2.75, 3.05) is 19.8 Å². The highest BCUT2D eigenvalue weighted by molar-refractivity contribution is 4.54. The number of hydrogen-bond donors (Lipinski definition) is 2. The summed E-state index contributed by atoms with van der Waals surface area (Å²) in [5.41, 5.74) is 0. The summed E-state index contributed by atoms with van der Waals surface area (Å²) < 4.78 is 0. The van der Waals surface area contributed by atoms with Crippen molar-refractivity contribution in [3.05, 3.63) is 0 Å². The molecule has 6 heavy (non-hydrogen) atoms. The fourth-order valence-corrected chi connectivity index (χ4v) is 0.495. The second-order valence-electron chi connectivity index (χ2n) is 1.39. The summed E-state index contributed by atoms with van der Waals surface area (Å²) in [6.07, 6.45) is 0. The summed E-state index contributed by atoms with van der Waals surface area (Å²) in [5.74, 6) is 0. The Balaban J connectivity index is 2.18. The molecule has 1 aliphatic heterocycles. The topological polar surface area (TPSA) is 35.5 Å². The number of rotatable bonds is 0. The highest BCUT2D eigenvalue weighted by Crippen LogP contribution is 1.81. The van der Waals surface area contributed by atoms with E-state index in [1.165, 1.54) is 5.06 Å². The molecule has 3 heteroatoms. The van der Waals surface area contributed by atoms with Gasteiger partial charge in [0.15, 0.2) is 0 Å². The Morgan fingerprint density at radius 2 is 2.50 bits per heavy atom. The van der Waals surface area contributed by atoms with E-state index in [0.29, 0.717) is 6.67 Å². The molecule has 0 spiro atoms. The predicted molar refractivity (Wildman–Crippen MR) is 21.4 cm³/mol. The smallest absolute Gasteiger partial charge is 0.0730 e. The molecule has 1 fully saturated rings. The molecule has 3 nitrogen and oxygen atoms in total. The molecule has 0 unspecified atom stereocenters. The van der Waals surface area contributed by atoms with Crippen LogP contribution in [0.4, 0.5) is 0 Å². The van der Waals surface area contributed by atoms with Crippen LogP contribution >= 0.6 is 0 Å². The first-order valence-corrected chi connectivity index (χ1v) is 2.04. The van der Waals surface area contributed by atoms with Gasteiger partial charge in [-0.05, 0) is 0 Å². The average molecular weight is 88.1 g/mol. The lowest BCUT2D eigenvalue weighted by Crippen LogP contribution is -2.16. The van der Waals surface area contributed by atoms with Crippen LogP contribution in [0, 0.1) is 0 Å². The van der Waals surface area contributed by atoms with Crippen LogP contribution in [0.25, 0.3) is 0 Å². The molecule has 1 rings (SSSR count). The molecule has 0 aromatic rings. The van der Waals surface area contributed by atoms with Crippen LogP contribution in [0.3, 0.4) is 0 Å². The zero-order chi connectivity index (χ0) is 4.41. The molecule has 0 aromatic heterocycles. The molecular weight excluding hydrogens is 80.0 g/mol. The third-order valence-electron chi connectivity index (χ3n) is 0.841. The molecule has 0 amide bonds.